The van der Waals surface area contributed by atoms with Crippen LogP contribution in [0.3, 0.4) is 0 Å². The SMILES string of the molecule is CCOC(=O)[C@@H]1CCCN([C@@H]2CC(=O)N(c3ccc(OC)cc3OC)C2=O)C1. The number of carbonyl (C=O) groups excluding carboxylic acids is 3. The summed E-state index contributed by atoms with van der Waals surface area (Å²) in [6.07, 6.45) is 1.61. The number of likely N-dealkylation sites (tertiary alicyclic amines) is 1. The highest BCUT2D eigenvalue weighted by molar-refractivity contribution is 6.23. The second kappa shape index (κ2) is 8.60. The fraction of sp³-hybridized carbons (Fsp3) is 0.550. The number of hydrogen-bond donors (Lipinski definition) is 0. The fourth-order valence-electron chi connectivity index (χ4n) is 3.87. The number of esters is 1. The molecule has 2 fully saturated rings. The highest BCUT2D eigenvalue weighted by Crippen LogP contribution is 2.36. The van der Waals surface area contributed by atoms with Gasteiger partial charge in [0.25, 0.3) is 5.91 Å². The van der Waals surface area contributed by atoms with Crippen molar-refractivity contribution in [3.63, 3.8) is 0 Å². The Labute approximate surface area is 164 Å². The van der Waals surface area contributed by atoms with E-state index >= 15 is 0 Å². The van der Waals surface area contributed by atoms with Crippen molar-refractivity contribution in [3.8, 4) is 11.5 Å². The molecule has 2 saturated heterocycles. The summed E-state index contributed by atoms with van der Waals surface area (Å²) in [6, 6.07) is 4.40. The molecule has 2 aliphatic rings. The Hall–Kier alpha value is -2.61. The number of amides is 2. The molecule has 0 saturated carbocycles. The van der Waals surface area contributed by atoms with Crippen molar-refractivity contribution >= 4 is 23.5 Å². The minimum absolute atomic E-state index is 0.0869. The topological polar surface area (TPSA) is 85.4 Å². The quantitative estimate of drug-likeness (QED) is 0.539. The number of methoxy groups -OCH3 is 2. The number of imide groups is 1. The molecule has 1 aromatic carbocycles. The van der Waals surface area contributed by atoms with Crippen molar-refractivity contribution in [1.29, 1.82) is 0 Å². The summed E-state index contributed by atoms with van der Waals surface area (Å²) >= 11 is 0. The van der Waals surface area contributed by atoms with E-state index < -0.39 is 6.04 Å². The van der Waals surface area contributed by atoms with Crippen LogP contribution in [-0.4, -0.2) is 62.6 Å². The predicted octanol–water partition coefficient (Wildman–Crippen LogP) is 1.61. The number of nitrogens with zero attached hydrogens (tertiary/aromatic N) is 2. The maximum Gasteiger partial charge on any atom is 0.310 e. The highest BCUT2D eigenvalue weighted by atomic mass is 16.5. The number of ether oxygens (including phenoxy) is 3. The lowest BCUT2D eigenvalue weighted by Gasteiger charge is -2.34. The molecular formula is C20H26N2O6. The van der Waals surface area contributed by atoms with E-state index in [0.29, 0.717) is 36.9 Å². The molecule has 2 aliphatic heterocycles. The maximum atomic E-state index is 13.1. The van der Waals surface area contributed by atoms with Gasteiger partial charge in [0, 0.05) is 12.6 Å². The largest absolute Gasteiger partial charge is 0.497 e. The first-order chi connectivity index (χ1) is 13.5. The number of hydrogen-bond acceptors (Lipinski definition) is 7. The number of rotatable bonds is 6. The summed E-state index contributed by atoms with van der Waals surface area (Å²) in [5.74, 6) is -0.108. The molecule has 8 nitrogen and oxygen atoms in total. The van der Waals surface area contributed by atoms with Crippen LogP contribution in [0.15, 0.2) is 18.2 Å². The first-order valence-electron chi connectivity index (χ1n) is 9.49. The maximum absolute atomic E-state index is 13.1. The van der Waals surface area contributed by atoms with Crippen LogP contribution in [0.4, 0.5) is 5.69 Å². The van der Waals surface area contributed by atoms with Gasteiger partial charge in [0.05, 0.1) is 44.9 Å². The molecule has 2 atom stereocenters. The zero-order chi connectivity index (χ0) is 20.3. The van der Waals surface area contributed by atoms with Gasteiger partial charge in [-0.25, -0.2) is 4.90 Å². The van der Waals surface area contributed by atoms with Crippen LogP contribution in [0.25, 0.3) is 0 Å². The van der Waals surface area contributed by atoms with E-state index in [1.807, 2.05) is 4.90 Å². The Kier molecular flexibility index (Phi) is 6.18. The van der Waals surface area contributed by atoms with Crippen molar-refractivity contribution in [3.05, 3.63) is 18.2 Å². The molecule has 0 unspecified atom stereocenters. The summed E-state index contributed by atoms with van der Waals surface area (Å²) in [7, 11) is 3.02. The van der Waals surface area contributed by atoms with Crippen molar-refractivity contribution < 1.29 is 28.6 Å². The summed E-state index contributed by atoms with van der Waals surface area (Å²) in [5, 5.41) is 0. The van der Waals surface area contributed by atoms with Gasteiger partial charge in [-0.05, 0) is 38.4 Å². The van der Waals surface area contributed by atoms with Gasteiger partial charge in [-0.1, -0.05) is 0 Å². The van der Waals surface area contributed by atoms with E-state index in [-0.39, 0.29) is 30.1 Å². The zero-order valence-electron chi connectivity index (χ0n) is 16.5. The Morgan fingerprint density at radius 3 is 2.68 bits per heavy atom. The van der Waals surface area contributed by atoms with E-state index in [1.165, 1.54) is 19.1 Å². The van der Waals surface area contributed by atoms with Crippen molar-refractivity contribution in [1.82, 2.24) is 4.90 Å². The number of benzene rings is 1. The van der Waals surface area contributed by atoms with Gasteiger partial charge in [-0.15, -0.1) is 0 Å². The van der Waals surface area contributed by atoms with Gasteiger partial charge in [-0.3, -0.25) is 19.3 Å². The molecule has 1 aromatic rings. The van der Waals surface area contributed by atoms with Crippen molar-refractivity contribution in [2.45, 2.75) is 32.2 Å². The molecule has 0 aliphatic carbocycles. The van der Waals surface area contributed by atoms with Crippen LogP contribution in [0, 0.1) is 5.92 Å². The van der Waals surface area contributed by atoms with Crippen molar-refractivity contribution in [2.24, 2.45) is 5.92 Å². The third-order valence-electron chi connectivity index (χ3n) is 5.26. The summed E-state index contributed by atoms with van der Waals surface area (Å²) < 4.78 is 15.7. The van der Waals surface area contributed by atoms with Crippen LogP contribution in [0.2, 0.25) is 0 Å². The number of anilines is 1. The zero-order valence-corrected chi connectivity index (χ0v) is 16.5. The van der Waals surface area contributed by atoms with E-state index in [0.717, 1.165) is 12.8 Å². The molecule has 0 bridgehead atoms. The van der Waals surface area contributed by atoms with E-state index in [1.54, 1.807) is 25.1 Å². The molecule has 0 aromatic heterocycles. The molecule has 2 amide bonds. The lowest BCUT2D eigenvalue weighted by atomic mass is 9.96. The highest BCUT2D eigenvalue weighted by Gasteiger charge is 2.45. The molecule has 8 heteroatoms. The summed E-state index contributed by atoms with van der Waals surface area (Å²) in [5.41, 5.74) is 0.403. The van der Waals surface area contributed by atoms with Gasteiger partial charge in [0.15, 0.2) is 0 Å². The minimum atomic E-state index is -0.573. The van der Waals surface area contributed by atoms with Gasteiger partial charge in [-0.2, -0.15) is 0 Å². The first kappa shape index (κ1) is 20.1. The van der Waals surface area contributed by atoms with Gasteiger partial charge < -0.3 is 14.2 Å². The predicted molar refractivity (Wildman–Crippen MR) is 101 cm³/mol. The molecule has 3 rings (SSSR count). The Morgan fingerprint density at radius 2 is 2.00 bits per heavy atom. The summed E-state index contributed by atoms with van der Waals surface area (Å²) in [6.45, 7) is 3.21. The van der Waals surface area contributed by atoms with Crippen LogP contribution in [0.5, 0.6) is 11.5 Å². The Balaban J connectivity index is 1.79. The Bertz CT molecular complexity index is 765. The molecule has 152 valence electrons. The average Bonchev–Trinajstić information content (AvgIpc) is 3.01. The van der Waals surface area contributed by atoms with E-state index in [2.05, 4.69) is 0 Å². The second-order valence-electron chi connectivity index (χ2n) is 6.91. The third-order valence-corrected chi connectivity index (χ3v) is 5.26. The van der Waals surface area contributed by atoms with Crippen LogP contribution < -0.4 is 14.4 Å². The van der Waals surface area contributed by atoms with E-state index in [9.17, 15) is 14.4 Å². The molecule has 28 heavy (non-hydrogen) atoms. The number of piperidine rings is 1. The van der Waals surface area contributed by atoms with Gasteiger partial charge in [0.1, 0.15) is 11.5 Å². The van der Waals surface area contributed by atoms with Crippen LogP contribution >= 0.6 is 0 Å². The molecule has 0 radical (unpaired) electrons. The van der Waals surface area contributed by atoms with Gasteiger partial charge >= 0.3 is 5.97 Å². The Morgan fingerprint density at radius 1 is 1.21 bits per heavy atom. The van der Waals surface area contributed by atoms with Crippen LogP contribution in [0.1, 0.15) is 26.2 Å². The van der Waals surface area contributed by atoms with Crippen LogP contribution in [-0.2, 0) is 19.1 Å². The second-order valence-corrected chi connectivity index (χ2v) is 6.91. The average molecular weight is 390 g/mol. The minimum Gasteiger partial charge on any atom is -0.497 e. The van der Waals surface area contributed by atoms with Crippen molar-refractivity contribution in [2.75, 3.05) is 38.8 Å². The monoisotopic (exact) mass is 390 g/mol. The fourth-order valence-corrected chi connectivity index (χ4v) is 3.87. The van der Waals surface area contributed by atoms with Gasteiger partial charge in [0.2, 0.25) is 5.91 Å². The third kappa shape index (κ3) is 3.82. The molecular weight excluding hydrogens is 364 g/mol. The lowest BCUT2D eigenvalue weighted by Crippen LogP contribution is -2.48. The molecule has 2 heterocycles. The first-order valence-corrected chi connectivity index (χ1v) is 9.49. The normalized spacial score (nSPS) is 23.0. The standard InChI is InChI=1S/C20H26N2O6/c1-4-28-20(25)13-6-5-9-21(12-13)16-11-18(23)22(19(16)24)15-8-7-14(26-2)10-17(15)27-3/h7-8,10,13,16H,4-6,9,11-12H2,1-3H3/t13-,16-/m1/s1. The molecule has 0 N–H and O–H groups in total. The number of carbonyl (C=O) groups is 3. The smallest absolute Gasteiger partial charge is 0.310 e. The lowest BCUT2D eigenvalue weighted by molar-refractivity contribution is -0.150. The van der Waals surface area contributed by atoms with E-state index in [4.69, 9.17) is 14.2 Å². The molecule has 0 spiro atoms. The summed E-state index contributed by atoms with van der Waals surface area (Å²) in [4.78, 5) is 41.0.